The summed E-state index contributed by atoms with van der Waals surface area (Å²) >= 11 is 4.90. The molecule has 0 aliphatic rings. The van der Waals surface area contributed by atoms with Gasteiger partial charge in [0.05, 0.1) is 0 Å². The first kappa shape index (κ1) is 8.71. The summed E-state index contributed by atoms with van der Waals surface area (Å²) in [5, 5.41) is 8.01. The molecule has 0 fully saturated rings. The Morgan fingerprint density at radius 3 is 2.00 bits per heavy atom. The van der Waals surface area contributed by atoms with E-state index in [9.17, 15) is 13.2 Å². The van der Waals surface area contributed by atoms with Gasteiger partial charge in [-0.25, -0.2) is 13.2 Å². The average molecular weight is 173 g/mol. The molecule has 1 atom stereocenters. The lowest BCUT2D eigenvalue weighted by Gasteiger charge is -1.97. The SMILES string of the molecule is CS(=O)(=O)C(Cl)C(=O)O. The summed E-state index contributed by atoms with van der Waals surface area (Å²) in [5.41, 5.74) is 0. The Balaban J connectivity index is 4.43. The zero-order chi connectivity index (χ0) is 7.65. The van der Waals surface area contributed by atoms with E-state index in [1.54, 1.807) is 0 Å². The third kappa shape index (κ3) is 2.67. The molecule has 9 heavy (non-hydrogen) atoms. The first-order chi connectivity index (χ1) is 3.85. The van der Waals surface area contributed by atoms with E-state index in [0.717, 1.165) is 6.26 Å². The number of hydrogen-bond acceptors (Lipinski definition) is 3. The summed E-state index contributed by atoms with van der Waals surface area (Å²) < 4.78 is 18.7. The number of carbonyl (C=O) groups is 1. The summed E-state index contributed by atoms with van der Waals surface area (Å²) in [5.74, 6) is -1.54. The first-order valence-electron chi connectivity index (χ1n) is 1.91. The smallest absolute Gasteiger partial charge is 0.337 e. The van der Waals surface area contributed by atoms with Crippen LogP contribution in [0, 0.1) is 0 Å². The van der Waals surface area contributed by atoms with Crippen molar-refractivity contribution < 1.29 is 18.3 Å². The predicted molar refractivity (Wildman–Crippen MR) is 32.1 cm³/mol. The van der Waals surface area contributed by atoms with Crippen molar-refractivity contribution in [1.29, 1.82) is 0 Å². The van der Waals surface area contributed by atoms with Gasteiger partial charge in [-0.15, -0.1) is 0 Å². The third-order valence-electron chi connectivity index (χ3n) is 0.570. The van der Waals surface area contributed by atoms with Crippen LogP contribution in [0.4, 0.5) is 0 Å². The fourth-order valence-electron chi connectivity index (χ4n) is 0.183. The van der Waals surface area contributed by atoms with Gasteiger partial charge in [0.2, 0.25) is 4.71 Å². The molecule has 0 saturated carbocycles. The van der Waals surface area contributed by atoms with E-state index in [4.69, 9.17) is 16.7 Å². The summed E-state index contributed by atoms with van der Waals surface area (Å²) in [6, 6.07) is 0. The molecule has 1 N–H and O–H groups in total. The van der Waals surface area contributed by atoms with Crippen molar-refractivity contribution in [2.45, 2.75) is 4.71 Å². The Morgan fingerprint density at radius 1 is 1.67 bits per heavy atom. The monoisotopic (exact) mass is 172 g/mol. The normalized spacial score (nSPS) is 14.9. The standard InChI is InChI=1S/C3H5ClO4S/c1-9(7,8)2(4)3(5)6/h2H,1H3,(H,5,6). The maximum absolute atomic E-state index is 10.3. The van der Waals surface area contributed by atoms with Crippen LogP contribution in [0.25, 0.3) is 0 Å². The van der Waals surface area contributed by atoms with Crippen LogP contribution in [0.5, 0.6) is 0 Å². The number of halogens is 1. The molecule has 0 aliphatic heterocycles. The number of aliphatic carboxylic acids is 1. The average Bonchev–Trinajstić information content (AvgIpc) is 1.62. The zero-order valence-electron chi connectivity index (χ0n) is 4.54. The van der Waals surface area contributed by atoms with Crippen LogP contribution >= 0.6 is 11.6 Å². The largest absolute Gasteiger partial charge is 0.479 e. The quantitative estimate of drug-likeness (QED) is 0.580. The topological polar surface area (TPSA) is 71.4 Å². The molecule has 6 heteroatoms. The highest BCUT2D eigenvalue weighted by molar-refractivity contribution is 7.93. The summed E-state index contributed by atoms with van der Waals surface area (Å²) in [6.07, 6.45) is 0.763. The number of sulfone groups is 1. The van der Waals surface area contributed by atoms with Crippen LogP contribution in [0.1, 0.15) is 0 Å². The van der Waals surface area contributed by atoms with E-state index in [0.29, 0.717) is 0 Å². The molecule has 0 aromatic rings. The van der Waals surface area contributed by atoms with Gasteiger partial charge < -0.3 is 5.11 Å². The highest BCUT2D eigenvalue weighted by atomic mass is 35.5. The minimum absolute atomic E-state index is 0.763. The van der Waals surface area contributed by atoms with E-state index >= 15 is 0 Å². The number of carboxylic acids is 1. The molecule has 4 nitrogen and oxygen atoms in total. The van der Waals surface area contributed by atoms with Crippen molar-refractivity contribution in [3.8, 4) is 0 Å². The van der Waals surface area contributed by atoms with Crippen LogP contribution in [-0.4, -0.2) is 30.5 Å². The minimum Gasteiger partial charge on any atom is -0.479 e. The molecule has 1 unspecified atom stereocenters. The number of carboxylic acid groups (broad SMARTS) is 1. The van der Waals surface area contributed by atoms with Gasteiger partial charge in [-0.2, -0.15) is 0 Å². The molecule has 0 spiro atoms. The van der Waals surface area contributed by atoms with Gasteiger partial charge in [0.15, 0.2) is 9.84 Å². The van der Waals surface area contributed by atoms with Crippen LogP contribution in [-0.2, 0) is 14.6 Å². The van der Waals surface area contributed by atoms with E-state index in [-0.39, 0.29) is 0 Å². The van der Waals surface area contributed by atoms with Crippen molar-refractivity contribution in [3.05, 3.63) is 0 Å². The highest BCUT2D eigenvalue weighted by Gasteiger charge is 2.24. The Morgan fingerprint density at radius 2 is 2.00 bits per heavy atom. The second-order valence-corrected chi connectivity index (χ2v) is 4.31. The van der Waals surface area contributed by atoms with Crippen LogP contribution in [0.2, 0.25) is 0 Å². The van der Waals surface area contributed by atoms with Crippen molar-refractivity contribution in [2.75, 3.05) is 6.26 Å². The Kier molecular flexibility index (Phi) is 2.45. The van der Waals surface area contributed by atoms with Crippen molar-refractivity contribution in [3.63, 3.8) is 0 Å². The molecular formula is C3H5ClO4S. The lowest BCUT2D eigenvalue weighted by Crippen LogP contribution is -2.22. The van der Waals surface area contributed by atoms with Gasteiger partial charge in [-0.1, -0.05) is 11.6 Å². The Bertz CT molecular complexity index is 206. The molecular weight excluding hydrogens is 168 g/mol. The lowest BCUT2D eigenvalue weighted by atomic mass is 10.8. The second kappa shape index (κ2) is 2.53. The zero-order valence-corrected chi connectivity index (χ0v) is 6.11. The molecule has 0 radical (unpaired) electrons. The molecule has 0 amide bonds. The van der Waals surface area contributed by atoms with Gasteiger partial charge in [0.1, 0.15) is 0 Å². The van der Waals surface area contributed by atoms with Crippen molar-refractivity contribution >= 4 is 27.4 Å². The molecule has 0 heterocycles. The van der Waals surface area contributed by atoms with E-state index in [1.165, 1.54) is 0 Å². The van der Waals surface area contributed by atoms with Crippen molar-refractivity contribution in [2.24, 2.45) is 0 Å². The fraction of sp³-hybridized carbons (Fsp3) is 0.667. The maximum atomic E-state index is 10.3. The van der Waals surface area contributed by atoms with Crippen LogP contribution in [0.3, 0.4) is 0 Å². The highest BCUT2D eigenvalue weighted by Crippen LogP contribution is 2.03. The van der Waals surface area contributed by atoms with Gasteiger partial charge >= 0.3 is 5.97 Å². The maximum Gasteiger partial charge on any atom is 0.337 e. The number of alkyl halides is 1. The molecule has 0 aliphatic carbocycles. The summed E-state index contributed by atoms with van der Waals surface area (Å²) in [7, 11) is -3.64. The van der Waals surface area contributed by atoms with Gasteiger partial charge in [-0.05, 0) is 0 Å². The van der Waals surface area contributed by atoms with Gasteiger partial charge in [0.25, 0.3) is 0 Å². The van der Waals surface area contributed by atoms with Gasteiger partial charge in [-0.3, -0.25) is 0 Å². The van der Waals surface area contributed by atoms with Crippen LogP contribution in [0.15, 0.2) is 0 Å². The molecule has 54 valence electrons. The lowest BCUT2D eigenvalue weighted by molar-refractivity contribution is -0.134. The molecule has 0 aromatic carbocycles. The van der Waals surface area contributed by atoms with Gasteiger partial charge in [0, 0.05) is 6.26 Å². The summed E-state index contributed by atoms with van der Waals surface area (Å²) in [6.45, 7) is 0. The first-order valence-corrected chi connectivity index (χ1v) is 4.30. The molecule has 0 saturated heterocycles. The Labute approximate surface area is 57.4 Å². The second-order valence-electron chi connectivity index (χ2n) is 1.48. The van der Waals surface area contributed by atoms with E-state index in [2.05, 4.69) is 0 Å². The van der Waals surface area contributed by atoms with E-state index < -0.39 is 20.5 Å². The van der Waals surface area contributed by atoms with E-state index in [1.807, 2.05) is 0 Å². The molecule has 0 aromatic heterocycles. The fourth-order valence-corrected chi connectivity index (χ4v) is 0.549. The number of rotatable bonds is 2. The predicted octanol–water partition coefficient (Wildman–Crippen LogP) is -0.320. The molecule has 0 rings (SSSR count). The van der Waals surface area contributed by atoms with Crippen molar-refractivity contribution in [1.82, 2.24) is 0 Å². The Hall–Kier alpha value is -0.290. The third-order valence-corrected chi connectivity index (χ3v) is 2.68. The molecule has 0 bridgehead atoms. The number of hydrogen-bond donors (Lipinski definition) is 1. The summed E-state index contributed by atoms with van der Waals surface area (Å²) in [4.78, 5) is 9.83. The van der Waals surface area contributed by atoms with Crippen LogP contribution < -0.4 is 0 Å². The minimum atomic E-state index is -3.64.